The molecule has 3 rings (SSSR count). The summed E-state index contributed by atoms with van der Waals surface area (Å²) in [5.74, 6) is 0.478. The maximum atomic E-state index is 12.7. The van der Waals surface area contributed by atoms with E-state index in [9.17, 15) is 9.90 Å². The molecule has 0 spiro atoms. The molecule has 1 amide bonds. The monoisotopic (exact) mass is 315 g/mol. The normalized spacial score (nSPS) is 20.9. The lowest BCUT2D eigenvalue weighted by Gasteiger charge is -2.27. The van der Waals surface area contributed by atoms with Crippen LogP contribution in [0.25, 0.3) is 0 Å². The number of benzene rings is 1. The Morgan fingerprint density at radius 3 is 2.65 bits per heavy atom. The standard InChI is InChI=1S/C18H21NO4/c1-13-9-15(10-20)23-16(13)17(22)19-8-7-18(11-19,12-21)14-5-3-2-4-6-14/h2-6,9,20-21H,7-8,10-12H2,1H3. The molecular formula is C18H21NO4. The zero-order chi connectivity index (χ0) is 16.4. The van der Waals surface area contributed by atoms with Gasteiger partial charge in [0.25, 0.3) is 5.91 Å². The average molecular weight is 315 g/mol. The quantitative estimate of drug-likeness (QED) is 0.903. The van der Waals surface area contributed by atoms with Crippen LogP contribution in [-0.4, -0.2) is 40.7 Å². The summed E-state index contributed by atoms with van der Waals surface area (Å²) in [5.41, 5.74) is 1.35. The number of likely N-dealkylation sites (tertiary alicyclic amines) is 1. The van der Waals surface area contributed by atoms with Gasteiger partial charge in [-0.3, -0.25) is 4.79 Å². The summed E-state index contributed by atoms with van der Waals surface area (Å²) in [5, 5.41) is 19.1. The lowest BCUT2D eigenvalue weighted by atomic mass is 9.80. The number of nitrogens with zero attached hydrogens (tertiary/aromatic N) is 1. The Morgan fingerprint density at radius 2 is 2.04 bits per heavy atom. The first-order valence-corrected chi connectivity index (χ1v) is 7.75. The van der Waals surface area contributed by atoms with E-state index in [0.717, 1.165) is 11.1 Å². The second-order valence-corrected chi connectivity index (χ2v) is 6.16. The SMILES string of the molecule is Cc1cc(CO)oc1C(=O)N1CCC(CO)(c2ccccc2)C1. The Morgan fingerprint density at radius 1 is 1.30 bits per heavy atom. The number of amides is 1. The number of hydrogen-bond donors (Lipinski definition) is 2. The molecule has 5 heteroatoms. The molecule has 2 heterocycles. The van der Waals surface area contributed by atoms with E-state index < -0.39 is 5.41 Å². The highest BCUT2D eigenvalue weighted by atomic mass is 16.4. The summed E-state index contributed by atoms with van der Waals surface area (Å²) in [7, 11) is 0. The molecule has 0 radical (unpaired) electrons. The molecule has 1 saturated heterocycles. The van der Waals surface area contributed by atoms with Gasteiger partial charge in [0.05, 0.1) is 6.61 Å². The van der Waals surface area contributed by atoms with Crippen molar-refractivity contribution in [2.45, 2.75) is 25.4 Å². The van der Waals surface area contributed by atoms with Crippen LogP contribution < -0.4 is 0 Å². The van der Waals surface area contributed by atoms with Crippen molar-refractivity contribution in [3.05, 3.63) is 59.0 Å². The van der Waals surface area contributed by atoms with Gasteiger partial charge in [0.2, 0.25) is 0 Å². The third kappa shape index (κ3) is 2.78. The second-order valence-electron chi connectivity index (χ2n) is 6.16. The first kappa shape index (κ1) is 15.8. The molecule has 0 saturated carbocycles. The van der Waals surface area contributed by atoms with Crippen LogP contribution >= 0.6 is 0 Å². The van der Waals surface area contributed by atoms with Crippen LogP contribution in [0.15, 0.2) is 40.8 Å². The molecule has 1 unspecified atom stereocenters. The van der Waals surface area contributed by atoms with E-state index in [4.69, 9.17) is 9.52 Å². The topological polar surface area (TPSA) is 73.9 Å². The number of aliphatic hydroxyl groups excluding tert-OH is 2. The second kappa shape index (κ2) is 6.18. The lowest BCUT2D eigenvalue weighted by Crippen LogP contribution is -2.37. The maximum absolute atomic E-state index is 12.7. The van der Waals surface area contributed by atoms with Gasteiger partial charge in [-0.15, -0.1) is 0 Å². The van der Waals surface area contributed by atoms with Crippen LogP contribution in [0.2, 0.25) is 0 Å². The number of rotatable bonds is 4. The zero-order valence-corrected chi connectivity index (χ0v) is 13.2. The smallest absolute Gasteiger partial charge is 0.289 e. The minimum atomic E-state index is -0.419. The van der Waals surface area contributed by atoms with Crippen molar-refractivity contribution in [3.8, 4) is 0 Å². The molecule has 1 atom stereocenters. The van der Waals surface area contributed by atoms with Crippen LogP contribution in [0.4, 0.5) is 0 Å². The van der Waals surface area contributed by atoms with Gasteiger partial charge in [0, 0.05) is 24.1 Å². The minimum Gasteiger partial charge on any atom is -0.453 e. The number of aryl methyl sites for hydroxylation is 1. The van der Waals surface area contributed by atoms with Gasteiger partial charge in [0.15, 0.2) is 5.76 Å². The van der Waals surface area contributed by atoms with E-state index in [-0.39, 0.29) is 24.9 Å². The molecule has 1 aliphatic rings. The van der Waals surface area contributed by atoms with E-state index in [1.54, 1.807) is 17.9 Å². The number of furan rings is 1. The summed E-state index contributed by atoms with van der Waals surface area (Å²) in [4.78, 5) is 14.4. The zero-order valence-electron chi connectivity index (χ0n) is 13.2. The van der Waals surface area contributed by atoms with Gasteiger partial charge in [0.1, 0.15) is 12.4 Å². The van der Waals surface area contributed by atoms with Crippen LogP contribution in [0, 0.1) is 6.92 Å². The summed E-state index contributed by atoms with van der Waals surface area (Å²) in [6.07, 6.45) is 0.714. The Kier molecular flexibility index (Phi) is 4.24. The highest BCUT2D eigenvalue weighted by molar-refractivity contribution is 5.93. The van der Waals surface area contributed by atoms with Gasteiger partial charge in [-0.25, -0.2) is 0 Å². The Balaban J connectivity index is 1.83. The number of carbonyl (C=O) groups is 1. The van der Waals surface area contributed by atoms with Crippen molar-refractivity contribution >= 4 is 5.91 Å². The average Bonchev–Trinajstić information content (AvgIpc) is 3.19. The largest absolute Gasteiger partial charge is 0.453 e. The highest BCUT2D eigenvalue weighted by Gasteiger charge is 2.41. The fourth-order valence-corrected chi connectivity index (χ4v) is 3.28. The van der Waals surface area contributed by atoms with Gasteiger partial charge >= 0.3 is 0 Å². The van der Waals surface area contributed by atoms with Crippen molar-refractivity contribution in [2.75, 3.05) is 19.7 Å². The fraction of sp³-hybridized carbons (Fsp3) is 0.389. The van der Waals surface area contributed by atoms with Crippen molar-refractivity contribution in [1.82, 2.24) is 4.90 Å². The molecule has 2 N–H and O–H groups in total. The molecular weight excluding hydrogens is 294 g/mol. The molecule has 122 valence electrons. The van der Waals surface area contributed by atoms with Crippen molar-refractivity contribution < 1.29 is 19.4 Å². The van der Waals surface area contributed by atoms with Crippen LogP contribution in [0.1, 0.15) is 33.9 Å². The number of hydrogen-bond acceptors (Lipinski definition) is 4. The van der Waals surface area contributed by atoms with E-state index in [1.165, 1.54) is 0 Å². The Labute approximate surface area is 135 Å². The van der Waals surface area contributed by atoms with E-state index in [0.29, 0.717) is 25.3 Å². The lowest BCUT2D eigenvalue weighted by molar-refractivity contribution is 0.0737. The van der Waals surface area contributed by atoms with Crippen molar-refractivity contribution in [1.29, 1.82) is 0 Å². The van der Waals surface area contributed by atoms with Crippen LogP contribution in [0.5, 0.6) is 0 Å². The van der Waals surface area contributed by atoms with Crippen LogP contribution in [0.3, 0.4) is 0 Å². The molecule has 1 aliphatic heterocycles. The summed E-state index contributed by atoms with van der Waals surface area (Å²) in [6, 6.07) is 11.5. The Hall–Kier alpha value is -2.11. The van der Waals surface area contributed by atoms with Gasteiger partial charge in [-0.05, 0) is 25.0 Å². The van der Waals surface area contributed by atoms with E-state index in [1.807, 2.05) is 30.3 Å². The van der Waals surface area contributed by atoms with E-state index >= 15 is 0 Å². The van der Waals surface area contributed by atoms with Crippen LogP contribution in [-0.2, 0) is 12.0 Å². The predicted octanol–water partition coefficient (Wildman–Crippen LogP) is 1.86. The number of carbonyl (C=O) groups excluding carboxylic acids is 1. The van der Waals surface area contributed by atoms with Gasteiger partial charge in [-0.1, -0.05) is 30.3 Å². The minimum absolute atomic E-state index is 0.000178. The molecule has 0 aliphatic carbocycles. The third-order valence-electron chi connectivity index (χ3n) is 4.65. The van der Waals surface area contributed by atoms with E-state index in [2.05, 4.69) is 0 Å². The molecule has 1 fully saturated rings. The van der Waals surface area contributed by atoms with Crippen molar-refractivity contribution in [2.24, 2.45) is 0 Å². The summed E-state index contributed by atoms with van der Waals surface area (Å²) in [6.45, 7) is 2.60. The first-order valence-electron chi connectivity index (χ1n) is 7.75. The Bertz CT molecular complexity index is 694. The number of aliphatic hydroxyl groups is 2. The molecule has 0 bridgehead atoms. The maximum Gasteiger partial charge on any atom is 0.289 e. The highest BCUT2D eigenvalue weighted by Crippen LogP contribution is 2.35. The summed E-state index contributed by atoms with van der Waals surface area (Å²) >= 11 is 0. The predicted molar refractivity (Wildman–Crippen MR) is 85.1 cm³/mol. The molecule has 1 aromatic carbocycles. The van der Waals surface area contributed by atoms with Gasteiger partial charge < -0.3 is 19.5 Å². The fourth-order valence-electron chi connectivity index (χ4n) is 3.28. The van der Waals surface area contributed by atoms with Gasteiger partial charge in [-0.2, -0.15) is 0 Å². The first-order chi connectivity index (χ1) is 11.1. The third-order valence-corrected chi connectivity index (χ3v) is 4.65. The molecule has 1 aromatic heterocycles. The van der Waals surface area contributed by atoms with Crippen molar-refractivity contribution in [3.63, 3.8) is 0 Å². The summed E-state index contributed by atoms with van der Waals surface area (Å²) < 4.78 is 5.44. The molecule has 23 heavy (non-hydrogen) atoms. The molecule has 5 nitrogen and oxygen atoms in total. The molecule has 2 aromatic rings.